The van der Waals surface area contributed by atoms with Crippen molar-refractivity contribution in [3.63, 3.8) is 0 Å². The second kappa shape index (κ2) is 26.6. The van der Waals surface area contributed by atoms with Gasteiger partial charge >= 0.3 is 0 Å². The third kappa shape index (κ3) is 14.4. The molecule has 1 aromatic heterocycles. The molecule has 75 heavy (non-hydrogen) atoms. The van der Waals surface area contributed by atoms with Crippen LogP contribution in [0.5, 0.6) is 11.5 Å². The molecule has 23 heteroatoms. The van der Waals surface area contributed by atoms with Crippen molar-refractivity contribution in [2.24, 2.45) is 11.7 Å². The Morgan fingerprint density at radius 2 is 1.39 bits per heavy atom. The Morgan fingerprint density at radius 3 is 2.05 bits per heavy atom. The summed E-state index contributed by atoms with van der Waals surface area (Å²) >= 11 is 0. The SMILES string of the molecule is N=C(/C(C(N)=O)=C1/NCC[C@@H](C2CCN(C(=O)c3cn(CCOCCOCCOCCOCCOCCNc4ccc5c(c4)C(=O)N(C4CCC(=O)NC4=O)C5=O)nn3)CC2)N1)c1ccc(Oc2ccccc2)cc1. The summed E-state index contributed by atoms with van der Waals surface area (Å²) in [7, 11) is 0. The highest BCUT2D eigenvalue weighted by atomic mass is 16.6. The van der Waals surface area contributed by atoms with Crippen LogP contribution in [0, 0.1) is 11.3 Å². The van der Waals surface area contributed by atoms with E-state index in [1.54, 1.807) is 58.2 Å². The molecule has 0 radical (unpaired) electrons. The van der Waals surface area contributed by atoms with E-state index in [0.29, 0.717) is 127 Å². The van der Waals surface area contributed by atoms with E-state index < -0.39 is 35.6 Å². The molecular formula is C52H63N11O12. The van der Waals surface area contributed by atoms with Gasteiger partial charge in [-0.15, -0.1) is 5.10 Å². The van der Waals surface area contributed by atoms with Crippen molar-refractivity contribution in [2.45, 2.75) is 50.7 Å². The number of primary amides is 1. The second-order valence-electron chi connectivity index (χ2n) is 18.1. The van der Waals surface area contributed by atoms with Gasteiger partial charge in [-0.1, -0.05) is 23.4 Å². The summed E-state index contributed by atoms with van der Waals surface area (Å²) in [6.07, 6.45) is 4.11. The van der Waals surface area contributed by atoms with E-state index in [1.807, 2.05) is 30.3 Å². The molecule has 1 unspecified atom stereocenters. The van der Waals surface area contributed by atoms with E-state index in [2.05, 4.69) is 31.6 Å². The second-order valence-corrected chi connectivity index (χ2v) is 18.1. The normalized spacial score (nSPS) is 18.5. The number of piperidine rings is 2. The average molecular weight is 1030 g/mol. The molecule has 0 spiro atoms. The monoisotopic (exact) mass is 1030 g/mol. The fourth-order valence-corrected chi connectivity index (χ4v) is 9.17. The molecule has 3 saturated heterocycles. The molecule has 398 valence electrons. The number of aromatic nitrogens is 3. The quantitative estimate of drug-likeness (QED) is 0.0216. The van der Waals surface area contributed by atoms with Crippen LogP contribution in [0.1, 0.15) is 68.9 Å². The Hall–Kier alpha value is -7.57. The predicted octanol–water partition coefficient (Wildman–Crippen LogP) is 2.24. The molecule has 4 aromatic rings. The number of ether oxygens (including phenoxy) is 6. The number of hydrogen-bond acceptors (Lipinski definition) is 18. The van der Waals surface area contributed by atoms with Gasteiger partial charge < -0.3 is 55.0 Å². The molecule has 23 nitrogen and oxygen atoms in total. The third-order valence-electron chi connectivity index (χ3n) is 13.1. The molecule has 7 N–H and O–H groups in total. The Balaban J connectivity index is 0.623. The summed E-state index contributed by atoms with van der Waals surface area (Å²) in [5.41, 5.74) is 7.79. The van der Waals surface area contributed by atoms with E-state index in [1.165, 1.54) is 0 Å². The summed E-state index contributed by atoms with van der Waals surface area (Å²) in [4.78, 5) is 78.6. The number of rotatable bonds is 27. The largest absolute Gasteiger partial charge is 0.457 e. The Kier molecular flexibility index (Phi) is 19.0. The van der Waals surface area contributed by atoms with E-state index in [-0.39, 0.29) is 58.8 Å². The Bertz CT molecular complexity index is 2690. The number of amides is 6. The topological polar surface area (TPSA) is 293 Å². The molecule has 4 aliphatic rings. The molecule has 0 aliphatic carbocycles. The van der Waals surface area contributed by atoms with Crippen molar-refractivity contribution >= 4 is 46.8 Å². The van der Waals surface area contributed by atoms with Gasteiger partial charge in [-0.2, -0.15) is 0 Å². The summed E-state index contributed by atoms with van der Waals surface area (Å²) in [5.74, 6) is -1.09. The fraction of sp³-hybridized carbons (Fsp3) is 0.442. The van der Waals surface area contributed by atoms with Crippen LogP contribution in [-0.2, 0) is 44.6 Å². The van der Waals surface area contributed by atoms with Gasteiger partial charge in [-0.05, 0) is 86.2 Å². The zero-order chi connectivity index (χ0) is 52.5. The van der Waals surface area contributed by atoms with Gasteiger partial charge in [-0.25, -0.2) is 4.68 Å². The molecule has 0 saturated carbocycles. The predicted molar refractivity (Wildman–Crippen MR) is 270 cm³/mol. The van der Waals surface area contributed by atoms with Crippen molar-refractivity contribution in [1.29, 1.82) is 5.41 Å². The van der Waals surface area contributed by atoms with Crippen molar-refractivity contribution < 1.29 is 57.2 Å². The van der Waals surface area contributed by atoms with E-state index in [0.717, 1.165) is 24.2 Å². The molecule has 5 heterocycles. The van der Waals surface area contributed by atoms with E-state index in [9.17, 15) is 28.8 Å². The number of benzene rings is 3. The maximum Gasteiger partial charge on any atom is 0.276 e. The minimum Gasteiger partial charge on any atom is -0.457 e. The van der Waals surface area contributed by atoms with Crippen LogP contribution in [0.2, 0.25) is 0 Å². The number of carbonyl (C=O) groups is 6. The Labute approximate surface area is 433 Å². The van der Waals surface area contributed by atoms with Crippen molar-refractivity contribution in [1.82, 2.24) is 40.7 Å². The summed E-state index contributed by atoms with van der Waals surface area (Å²) < 4.78 is 35.5. The van der Waals surface area contributed by atoms with Crippen LogP contribution in [0.3, 0.4) is 0 Å². The highest BCUT2D eigenvalue weighted by Gasteiger charge is 2.44. The van der Waals surface area contributed by atoms with E-state index >= 15 is 0 Å². The first kappa shape index (κ1) is 53.7. The van der Waals surface area contributed by atoms with Gasteiger partial charge in [0.05, 0.1) is 95.6 Å². The minimum atomic E-state index is -1.01. The molecule has 4 aliphatic heterocycles. The third-order valence-corrected chi connectivity index (χ3v) is 13.1. The number of anilines is 1. The van der Waals surface area contributed by atoms with Gasteiger partial charge in [0.1, 0.15) is 28.9 Å². The molecule has 3 fully saturated rings. The van der Waals surface area contributed by atoms with Crippen LogP contribution in [-0.4, -0.2) is 170 Å². The van der Waals surface area contributed by atoms with Crippen molar-refractivity contribution in [2.75, 3.05) is 97.6 Å². The van der Waals surface area contributed by atoms with Gasteiger partial charge in [-0.3, -0.25) is 44.4 Å². The molecule has 2 atom stereocenters. The molecule has 3 aromatic carbocycles. The zero-order valence-electron chi connectivity index (χ0n) is 41.6. The number of fused-ring (bicyclic) bond motifs is 1. The summed E-state index contributed by atoms with van der Waals surface area (Å²) in [6.45, 7) is 6.42. The first-order valence-corrected chi connectivity index (χ1v) is 25.2. The first-order chi connectivity index (χ1) is 36.5. The number of hydrogen-bond donors (Lipinski definition) is 6. The van der Waals surface area contributed by atoms with Gasteiger partial charge in [0.15, 0.2) is 5.69 Å². The number of imide groups is 2. The number of nitrogens with zero attached hydrogens (tertiary/aromatic N) is 5. The van der Waals surface area contributed by atoms with Crippen LogP contribution in [0.15, 0.2) is 90.4 Å². The fourth-order valence-electron chi connectivity index (χ4n) is 9.17. The van der Waals surface area contributed by atoms with E-state index in [4.69, 9.17) is 39.6 Å². The zero-order valence-corrected chi connectivity index (χ0v) is 41.6. The smallest absolute Gasteiger partial charge is 0.276 e. The number of likely N-dealkylation sites (tertiary alicyclic amines) is 1. The van der Waals surface area contributed by atoms with Gasteiger partial charge in [0, 0.05) is 49.9 Å². The number of nitrogens with two attached hydrogens (primary N) is 1. The molecule has 6 amide bonds. The number of para-hydroxylation sites is 1. The number of carbonyl (C=O) groups excluding carboxylic acids is 6. The summed E-state index contributed by atoms with van der Waals surface area (Å²) in [5, 5.41) is 29.2. The van der Waals surface area contributed by atoms with Crippen LogP contribution < -0.4 is 31.7 Å². The number of nitrogens with one attached hydrogen (secondary N) is 5. The lowest BCUT2D eigenvalue weighted by atomic mass is 9.86. The van der Waals surface area contributed by atoms with Crippen LogP contribution >= 0.6 is 0 Å². The standard InChI is InChI=1S/C52H63N11O12/c53-46(35-6-9-38(10-7-35)75-37-4-2-1-3-5-37)45(47(54)65)48-56-17-14-41(57-48)34-15-19-61(20-16-34)52(69)42-33-62(60-59-42)21-23-71-25-27-73-29-31-74-30-28-72-26-24-70-22-18-55-36-8-11-39-40(32-36)51(68)63(50(39)67)43-12-13-44(64)58-49(43)66/h1-11,32-34,41,43,53,55-57H,12-31H2,(H2,54,65)(H,58,64,66)/b48-45+,53-46?/t41-,43?/m0/s1. The highest BCUT2D eigenvalue weighted by molar-refractivity contribution is 6.27. The van der Waals surface area contributed by atoms with Gasteiger partial charge in [0.2, 0.25) is 11.8 Å². The molecule has 0 bridgehead atoms. The lowest BCUT2D eigenvalue weighted by molar-refractivity contribution is -0.136. The lowest BCUT2D eigenvalue weighted by Gasteiger charge is -2.39. The van der Waals surface area contributed by atoms with Crippen molar-refractivity contribution in [3.05, 3.63) is 113 Å². The highest BCUT2D eigenvalue weighted by Crippen LogP contribution is 2.30. The lowest BCUT2D eigenvalue weighted by Crippen LogP contribution is -2.54. The maximum absolute atomic E-state index is 13.4. The van der Waals surface area contributed by atoms with Crippen LogP contribution in [0.4, 0.5) is 5.69 Å². The Morgan fingerprint density at radius 1 is 0.747 bits per heavy atom. The van der Waals surface area contributed by atoms with Crippen LogP contribution in [0.25, 0.3) is 0 Å². The van der Waals surface area contributed by atoms with Crippen molar-refractivity contribution in [3.8, 4) is 11.5 Å². The molecule has 8 rings (SSSR count). The summed E-state index contributed by atoms with van der Waals surface area (Å²) in [6, 6.07) is 20.2. The first-order valence-electron chi connectivity index (χ1n) is 25.2. The minimum absolute atomic E-state index is 0.00447. The average Bonchev–Trinajstić information content (AvgIpc) is 3.99. The maximum atomic E-state index is 13.4. The molecular weight excluding hydrogens is 971 g/mol. The van der Waals surface area contributed by atoms with Gasteiger partial charge in [0.25, 0.3) is 23.6 Å².